The van der Waals surface area contributed by atoms with E-state index < -0.39 is 15.9 Å². The summed E-state index contributed by atoms with van der Waals surface area (Å²) in [4.78, 5) is 11.6. The Morgan fingerprint density at radius 2 is 1.95 bits per heavy atom. The number of amides is 1. The van der Waals surface area contributed by atoms with E-state index in [1.807, 2.05) is 6.92 Å². The van der Waals surface area contributed by atoms with Gasteiger partial charge in [0.15, 0.2) is 0 Å². The molecule has 0 bridgehead atoms. The van der Waals surface area contributed by atoms with Crippen molar-refractivity contribution in [1.82, 2.24) is 10.0 Å². The smallest absolute Gasteiger partial charge is 0.242 e. The Bertz CT molecular complexity index is 620. The molecule has 0 saturated heterocycles. The Labute approximate surface area is 140 Å². The highest BCUT2D eigenvalue weighted by molar-refractivity contribution is 9.11. The van der Waals surface area contributed by atoms with E-state index in [9.17, 15) is 13.2 Å². The van der Waals surface area contributed by atoms with E-state index in [0.717, 1.165) is 5.56 Å². The van der Waals surface area contributed by atoms with Gasteiger partial charge in [0, 0.05) is 22.6 Å². The van der Waals surface area contributed by atoms with Crippen molar-refractivity contribution in [3.63, 3.8) is 0 Å². The van der Waals surface area contributed by atoms with Crippen LogP contribution < -0.4 is 10.0 Å². The molecule has 1 rings (SSSR count). The standard InChI is InChI=1S/C12H16Br2N2O4S/c1-8-5-10(14)11(6-9(8)13)21(18,19)16-7-12(17)15-3-4-20-2/h5-6,16H,3-4,7H2,1-2H3,(H,15,17). The van der Waals surface area contributed by atoms with E-state index in [1.165, 1.54) is 13.2 Å². The number of hydrogen-bond acceptors (Lipinski definition) is 4. The summed E-state index contributed by atoms with van der Waals surface area (Å²) >= 11 is 6.51. The maximum Gasteiger partial charge on any atom is 0.242 e. The van der Waals surface area contributed by atoms with Gasteiger partial charge in [-0.2, -0.15) is 0 Å². The molecule has 0 heterocycles. The highest BCUT2D eigenvalue weighted by Gasteiger charge is 2.19. The molecule has 2 N–H and O–H groups in total. The van der Waals surface area contributed by atoms with E-state index in [0.29, 0.717) is 22.1 Å². The summed E-state index contributed by atoms with van der Waals surface area (Å²) in [6.45, 7) is 2.22. The minimum atomic E-state index is -3.77. The van der Waals surface area contributed by atoms with Crippen molar-refractivity contribution < 1.29 is 17.9 Å². The predicted octanol–water partition coefficient (Wildman–Crippen LogP) is 1.56. The summed E-state index contributed by atoms with van der Waals surface area (Å²) in [6, 6.07) is 3.18. The molecule has 0 aromatic heterocycles. The molecule has 1 aromatic rings. The van der Waals surface area contributed by atoms with Crippen molar-refractivity contribution in [2.24, 2.45) is 0 Å². The van der Waals surface area contributed by atoms with Crippen LogP contribution in [-0.2, 0) is 19.6 Å². The summed E-state index contributed by atoms with van der Waals surface area (Å²) in [5.41, 5.74) is 0.901. The minimum Gasteiger partial charge on any atom is -0.383 e. The van der Waals surface area contributed by atoms with Crippen LogP contribution in [0, 0.1) is 6.92 Å². The molecule has 9 heteroatoms. The molecule has 21 heavy (non-hydrogen) atoms. The number of hydrogen-bond donors (Lipinski definition) is 2. The Balaban J connectivity index is 2.74. The second-order valence-corrected chi connectivity index (χ2v) is 7.64. The first-order valence-corrected chi connectivity index (χ1v) is 9.06. The average Bonchev–Trinajstić information content (AvgIpc) is 2.41. The van der Waals surface area contributed by atoms with Crippen LogP contribution in [0.25, 0.3) is 0 Å². The molecule has 0 aliphatic heterocycles. The molecule has 0 unspecified atom stereocenters. The first kappa shape index (κ1) is 18.6. The molecule has 1 amide bonds. The van der Waals surface area contributed by atoms with Crippen molar-refractivity contribution in [3.8, 4) is 0 Å². The largest absolute Gasteiger partial charge is 0.383 e. The average molecular weight is 444 g/mol. The lowest BCUT2D eigenvalue weighted by molar-refractivity contribution is -0.120. The molecule has 0 radical (unpaired) electrons. The maximum atomic E-state index is 12.2. The SMILES string of the molecule is COCCNC(=O)CNS(=O)(=O)c1cc(Br)c(C)cc1Br. The molecule has 0 spiro atoms. The van der Waals surface area contributed by atoms with Gasteiger partial charge in [0.25, 0.3) is 0 Å². The molecule has 0 saturated carbocycles. The van der Waals surface area contributed by atoms with Crippen LogP contribution in [0.5, 0.6) is 0 Å². The summed E-state index contributed by atoms with van der Waals surface area (Å²) in [7, 11) is -2.26. The van der Waals surface area contributed by atoms with Gasteiger partial charge < -0.3 is 10.1 Å². The van der Waals surface area contributed by atoms with Crippen LogP contribution in [0.1, 0.15) is 5.56 Å². The summed E-state index contributed by atoms with van der Waals surface area (Å²) in [6.07, 6.45) is 0. The zero-order valence-electron chi connectivity index (χ0n) is 11.6. The Morgan fingerprint density at radius 1 is 1.29 bits per heavy atom. The normalized spacial score (nSPS) is 11.4. The number of carbonyl (C=O) groups excluding carboxylic acids is 1. The Kier molecular flexibility index (Phi) is 7.28. The van der Waals surface area contributed by atoms with Gasteiger partial charge in [-0.1, -0.05) is 15.9 Å². The summed E-state index contributed by atoms with van der Waals surface area (Å²) < 4.78 is 32.5. The third-order valence-corrected chi connectivity index (χ3v) is 5.77. The number of sulfonamides is 1. The van der Waals surface area contributed by atoms with Crippen LogP contribution >= 0.6 is 31.9 Å². The van der Waals surface area contributed by atoms with Gasteiger partial charge in [0.1, 0.15) is 0 Å². The number of rotatable bonds is 7. The predicted molar refractivity (Wildman–Crippen MR) is 86.7 cm³/mol. The van der Waals surface area contributed by atoms with Crippen molar-refractivity contribution in [2.45, 2.75) is 11.8 Å². The van der Waals surface area contributed by atoms with E-state index in [2.05, 4.69) is 41.9 Å². The number of aryl methyl sites for hydroxylation is 1. The molecule has 0 aliphatic carbocycles. The zero-order valence-corrected chi connectivity index (χ0v) is 15.6. The number of benzene rings is 1. The van der Waals surface area contributed by atoms with Gasteiger partial charge in [-0.25, -0.2) is 13.1 Å². The lowest BCUT2D eigenvalue weighted by Crippen LogP contribution is -2.38. The number of nitrogens with one attached hydrogen (secondary N) is 2. The maximum absolute atomic E-state index is 12.2. The van der Waals surface area contributed by atoms with Crippen molar-refractivity contribution in [2.75, 3.05) is 26.8 Å². The van der Waals surface area contributed by atoms with Gasteiger partial charge in [-0.15, -0.1) is 0 Å². The molecule has 118 valence electrons. The van der Waals surface area contributed by atoms with Gasteiger partial charge >= 0.3 is 0 Å². The third kappa shape index (κ3) is 5.67. The van der Waals surface area contributed by atoms with Crippen LogP contribution in [0.3, 0.4) is 0 Å². The monoisotopic (exact) mass is 442 g/mol. The zero-order chi connectivity index (χ0) is 16.0. The number of halogens is 2. The summed E-state index contributed by atoms with van der Waals surface area (Å²) in [5, 5.41) is 2.53. The number of methoxy groups -OCH3 is 1. The summed E-state index contributed by atoms with van der Waals surface area (Å²) in [5.74, 6) is -0.419. The number of ether oxygens (including phenoxy) is 1. The van der Waals surface area contributed by atoms with E-state index in [1.54, 1.807) is 6.07 Å². The second kappa shape index (κ2) is 8.23. The van der Waals surface area contributed by atoms with Gasteiger partial charge in [0.2, 0.25) is 15.9 Å². The minimum absolute atomic E-state index is 0.0738. The fourth-order valence-electron chi connectivity index (χ4n) is 1.43. The molecular weight excluding hydrogens is 428 g/mol. The van der Waals surface area contributed by atoms with E-state index in [4.69, 9.17) is 4.74 Å². The molecule has 6 nitrogen and oxygen atoms in total. The van der Waals surface area contributed by atoms with Gasteiger partial charge in [-0.05, 0) is 40.5 Å². The highest BCUT2D eigenvalue weighted by Crippen LogP contribution is 2.28. The molecule has 0 aliphatic rings. The van der Waals surface area contributed by atoms with Crippen molar-refractivity contribution in [1.29, 1.82) is 0 Å². The molecule has 1 aromatic carbocycles. The first-order chi connectivity index (χ1) is 9.77. The lowest BCUT2D eigenvalue weighted by atomic mass is 10.2. The third-order valence-electron chi connectivity index (χ3n) is 2.55. The van der Waals surface area contributed by atoms with Crippen LogP contribution in [0.4, 0.5) is 0 Å². The van der Waals surface area contributed by atoms with Crippen LogP contribution in [0.15, 0.2) is 26.0 Å². The first-order valence-electron chi connectivity index (χ1n) is 5.99. The fraction of sp³-hybridized carbons (Fsp3) is 0.417. The molecule has 0 atom stereocenters. The van der Waals surface area contributed by atoms with Crippen LogP contribution in [-0.4, -0.2) is 41.1 Å². The van der Waals surface area contributed by atoms with E-state index >= 15 is 0 Å². The molecule has 0 fully saturated rings. The number of carbonyl (C=O) groups is 1. The van der Waals surface area contributed by atoms with Crippen LogP contribution in [0.2, 0.25) is 0 Å². The van der Waals surface area contributed by atoms with Gasteiger partial charge in [-0.3, -0.25) is 4.79 Å². The van der Waals surface area contributed by atoms with Crippen molar-refractivity contribution in [3.05, 3.63) is 26.6 Å². The second-order valence-electron chi connectivity index (χ2n) is 4.20. The quantitative estimate of drug-likeness (QED) is 0.626. The van der Waals surface area contributed by atoms with Gasteiger partial charge in [0.05, 0.1) is 18.0 Å². The lowest BCUT2D eigenvalue weighted by Gasteiger charge is -2.10. The van der Waals surface area contributed by atoms with E-state index in [-0.39, 0.29) is 11.4 Å². The highest BCUT2D eigenvalue weighted by atomic mass is 79.9. The topological polar surface area (TPSA) is 84.5 Å². The Hall–Kier alpha value is -0.480. The molecular formula is C12H16Br2N2O4S. The fourth-order valence-corrected chi connectivity index (χ4v) is 4.08. The Morgan fingerprint density at radius 3 is 2.57 bits per heavy atom. The van der Waals surface area contributed by atoms with Crippen molar-refractivity contribution >= 4 is 47.8 Å².